The molecule has 0 saturated heterocycles. The van der Waals surface area contributed by atoms with Crippen molar-refractivity contribution in [2.24, 2.45) is 5.92 Å². The fourth-order valence-corrected chi connectivity index (χ4v) is 5.92. The highest BCUT2D eigenvalue weighted by Gasteiger charge is 2.40. The van der Waals surface area contributed by atoms with Crippen LogP contribution in [0.1, 0.15) is 30.0 Å². The van der Waals surface area contributed by atoms with Crippen LogP contribution in [0, 0.1) is 12.8 Å². The number of hydrogen-bond acceptors (Lipinski definition) is 5. The van der Waals surface area contributed by atoms with Crippen LogP contribution >= 0.6 is 11.3 Å². The number of carbonyl (C=O) groups excluding carboxylic acids is 1. The van der Waals surface area contributed by atoms with Crippen molar-refractivity contribution in [3.05, 3.63) is 45.9 Å². The van der Waals surface area contributed by atoms with E-state index in [1.807, 2.05) is 20.8 Å². The Labute approximate surface area is 157 Å². The molecule has 1 atom stereocenters. The normalized spacial score (nSPS) is 17.0. The third-order valence-corrected chi connectivity index (χ3v) is 7.50. The van der Waals surface area contributed by atoms with E-state index in [4.69, 9.17) is 0 Å². The van der Waals surface area contributed by atoms with E-state index < -0.39 is 15.9 Å². The molecule has 1 amide bonds. The van der Waals surface area contributed by atoms with Crippen molar-refractivity contribution in [3.63, 3.8) is 0 Å². The van der Waals surface area contributed by atoms with Crippen LogP contribution in [0.15, 0.2) is 41.1 Å². The highest BCUT2D eigenvalue weighted by atomic mass is 32.2. The molecule has 0 bridgehead atoms. The van der Waals surface area contributed by atoms with Gasteiger partial charge in [-0.25, -0.2) is 13.4 Å². The van der Waals surface area contributed by atoms with Gasteiger partial charge in [-0.2, -0.15) is 0 Å². The largest absolute Gasteiger partial charge is 0.305 e. The first-order valence-electron chi connectivity index (χ1n) is 8.33. The first kappa shape index (κ1) is 18.6. The topological polar surface area (TPSA) is 79.4 Å². The van der Waals surface area contributed by atoms with Gasteiger partial charge in [-0.15, -0.1) is 11.3 Å². The second-order valence-corrected chi connectivity index (χ2v) is 9.46. The van der Waals surface area contributed by atoms with Gasteiger partial charge in [-0.1, -0.05) is 19.9 Å². The van der Waals surface area contributed by atoms with Crippen molar-refractivity contribution < 1.29 is 13.2 Å². The zero-order chi connectivity index (χ0) is 19.1. The summed E-state index contributed by atoms with van der Waals surface area (Å²) in [6, 6.07) is 6.85. The van der Waals surface area contributed by atoms with E-state index in [1.165, 1.54) is 18.4 Å². The molecule has 1 aliphatic rings. The Kier molecular flexibility index (Phi) is 4.90. The number of amides is 1. The van der Waals surface area contributed by atoms with Crippen molar-refractivity contribution in [2.45, 2.75) is 32.1 Å². The third-order valence-electron chi connectivity index (χ3n) is 4.50. The van der Waals surface area contributed by atoms with E-state index in [-0.39, 0.29) is 16.5 Å². The standard InChI is InChI=1S/C18H21N3O3S2/c1-5-11(2)15-16(18(22)20-14-8-6-7-9-19-14)21(4)26(23,24)13-10-12(3)25-17(13)15/h6-11H,5H2,1-4H3,(H,19,20,22). The smallest absolute Gasteiger partial charge is 0.274 e. The average Bonchev–Trinajstić information content (AvgIpc) is 3.00. The number of nitrogens with zero attached hydrogens (tertiary/aromatic N) is 2. The van der Waals surface area contributed by atoms with Gasteiger partial charge in [-0.3, -0.25) is 9.10 Å². The zero-order valence-electron chi connectivity index (χ0n) is 15.1. The highest BCUT2D eigenvalue weighted by molar-refractivity contribution is 7.89. The predicted molar refractivity (Wildman–Crippen MR) is 103 cm³/mol. The Morgan fingerprint density at radius 3 is 2.73 bits per heavy atom. The summed E-state index contributed by atoms with van der Waals surface area (Å²) in [5.41, 5.74) is 0.936. The van der Waals surface area contributed by atoms with Crippen LogP contribution in [0.5, 0.6) is 0 Å². The van der Waals surface area contributed by atoms with Crippen molar-refractivity contribution in [1.29, 1.82) is 0 Å². The molecule has 138 valence electrons. The summed E-state index contributed by atoms with van der Waals surface area (Å²) in [5, 5.41) is 2.72. The van der Waals surface area contributed by atoms with Crippen LogP contribution in [-0.2, 0) is 14.8 Å². The van der Waals surface area contributed by atoms with Crippen LogP contribution in [0.3, 0.4) is 0 Å². The van der Waals surface area contributed by atoms with Crippen molar-refractivity contribution in [2.75, 3.05) is 12.4 Å². The lowest BCUT2D eigenvalue weighted by Crippen LogP contribution is -2.37. The number of aryl methyl sites for hydroxylation is 1. The lowest BCUT2D eigenvalue weighted by atomic mass is 9.94. The number of sulfonamides is 1. The number of fused-ring (bicyclic) bond motifs is 1. The van der Waals surface area contributed by atoms with Crippen LogP contribution in [-0.4, -0.2) is 30.7 Å². The molecule has 0 saturated carbocycles. The maximum absolute atomic E-state index is 13.0. The van der Waals surface area contributed by atoms with Gasteiger partial charge in [0.25, 0.3) is 15.9 Å². The Morgan fingerprint density at radius 1 is 1.38 bits per heavy atom. The molecule has 6 nitrogen and oxygen atoms in total. The summed E-state index contributed by atoms with van der Waals surface area (Å²) in [6.45, 7) is 5.91. The van der Waals surface area contributed by atoms with Gasteiger partial charge < -0.3 is 5.32 Å². The Hall–Kier alpha value is -2.19. The van der Waals surface area contributed by atoms with E-state index in [0.29, 0.717) is 10.7 Å². The number of carbonyl (C=O) groups is 1. The molecular weight excluding hydrogens is 370 g/mol. The second kappa shape index (κ2) is 6.85. The van der Waals surface area contributed by atoms with Crippen molar-refractivity contribution in [1.82, 2.24) is 9.29 Å². The van der Waals surface area contributed by atoms with Gasteiger partial charge in [0.05, 0.1) is 4.88 Å². The molecule has 0 spiro atoms. The monoisotopic (exact) mass is 391 g/mol. The van der Waals surface area contributed by atoms with Crippen LogP contribution in [0.2, 0.25) is 0 Å². The number of aromatic nitrogens is 1. The fourth-order valence-electron chi connectivity index (χ4n) is 2.95. The molecule has 0 radical (unpaired) electrons. The molecule has 3 rings (SSSR count). The number of pyridine rings is 1. The number of allylic oxidation sites excluding steroid dienone is 1. The van der Waals surface area contributed by atoms with Gasteiger partial charge in [0.15, 0.2) is 0 Å². The molecule has 0 aliphatic carbocycles. The van der Waals surface area contributed by atoms with Gasteiger partial charge in [0.2, 0.25) is 0 Å². The first-order valence-corrected chi connectivity index (χ1v) is 10.6. The van der Waals surface area contributed by atoms with Gasteiger partial charge in [0.1, 0.15) is 16.4 Å². The molecule has 0 aromatic carbocycles. The SMILES string of the molecule is CCC(C)C1=C(C(=O)Nc2ccccn2)N(C)S(=O)(=O)c2cc(C)sc21. The van der Waals surface area contributed by atoms with Crippen LogP contribution in [0.25, 0.3) is 5.57 Å². The van der Waals surface area contributed by atoms with Crippen molar-refractivity contribution >= 4 is 38.7 Å². The van der Waals surface area contributed by atoms with Gasteiger partial charge in [0, 0.05) is 23.7 Å². The van der Waals surface area contributed by atoms with Gasteiger partial charge in [-0.05, 0) is 37.5 Å². The number of nitrogens with one attached hydrogen (secondary N) is 1. The lowest BCUT2D eigenvalue weighted by molar-refractivity contribution is -0.113. The molecule has 1 aliphatic heterocycles. The number of hydrogen-bond donors (Lipinski definition) is 1. The van der Waals surface area contributed by atoms with E-state index in [9.17, 15) is 13.2 Å². The molecule has 3 heterocycles. The second-order valence-electron chi connectivity index (χ2n) is 6.26. The van der Waals surface area contributed by atoms with E-state index in [1.54, 1.807) is 30.5 Å². The quantitative estimate of drug-likeness (QED) is 0.865. The van der Waals surface area contributed by atoms with E-state index in [2.05, 4.69) is 10.3 Å². The maximum Gasteiger partial charge on any atom is 0.274 e. The Morgan fingerprint density at radius 2 is 2.12 bits per heavy atom. The minimum atomic E-state index is -3.76. The van der Waals surface area contributed by atoms with E-state index >= 15 is 0 Å². The molecule has 1 N–H and O–H groups in total. The number of rotatable bonds is 4. The Bertz CT molecular complexity index is 978. The van der Waals surface area contributed by atoms with Gasteiger partial charge >= 0.3 is 0 Å². The number of thiophene rings is 1. The Balaban J connectivity index is 2.20. The zero-order valence-corrected chi connectivity index (χ0v) is 16.7. The van der Waals surface area contributed by atoms with E-state index in [0.717, 1.165) is 21.2 Å². The minimum Gasteiger partial charge on any atom is -0.305 e. The minimum absolute atomic E-state index is 0.0363. The predicted octanol–water partition coefficient (Wildman–Crippen LogP) is 3.48. The molecule has 2 aromatic heterocycles. The summed E-state index contributed by atoms with van der Waals surface area (Å²) in [5.74, 6) is -0.0523. The number of anilines is 1. The average molecular weight is 392 g/mol. The van der Waals surface area contributed by atoms with Crippen LogP contribution < -0.4 is 5.32 Å². The van der Waals surface area contributed by atoms with Crippen LogP contribution in [0.4, 0.5) is 5.82 Å². The molecule has 26 heavy (non-hydrogen) atoms. The number of likely N-dealkylation sites (N-methyl/N-ethyl adjacent to an activating group) is 1. The maximum atomic E-state index is 13.0. The molecular formula is C18H21N3O3S2. The third kappa shape index (κ3) is 3.03. The summed E-state index contributed by atoms with van der Waals surface area (Å²) in [4.78, 5) is 19.0. The summed E-state index contributed by atoms with van der Waals surface area (Å²) in [6.07, 6.45) is 2.36. The molecule has 2 aromatic rings. The fraction of sp³-hybridized carbons (Fsp3) is 0.333. The summed E-state index contributed by atoms with van der Waals surface area (Å²) < 4.78 is 27.0. The van der Waals surface area contributed by atoms with Crippen molar-refractivity contribution in [3.8, 4) is 0 Å². The molecule has 8 heteroatoms. The molecule has 1 unspecified atom stereocenters. The highest BCUT2D eigenvalue weighted by Crippen LogP contribution is 2.44. The summed E-state index contributed by atoms with van der Waals surface area (Å²) in [7, 11) is -2.32. The first-order chi connectivity index (χ1) is 12.3. The lowest BCUT2D eigenvalue weighted by Gasteiger charge is -2.31. The summed E-state index contributed by atoms with van der Waals surface area (Å²) >= 11 is 1.41. The molecule has 0 fully saturated rings.